The molecular formula is C7H7ClN4O2. The molecular weight excluding hydrogens is 208 g/mol. The number of imide groups is 1. The van der Waals surface area contributed by atoms with Gasteiger partial charge in [0, 0.05) is 7.05 Å². The Kier molecular flexibility index (Phi) is 1.92. The summed E-state index contributed by atoms with van der Waals surface area (Å²) >= 11 is 5.82. The second kappa shape index (κ2) is 2.98. The van der Waals surface area contributed by atoms with Gasteiger partial charge in [-0.15, -0.1) is 0 Å². The van der Waals surface area contributed by atoms with Crippen LogP contribution in [0.1, 0.15) is 11.7 Å². The van der Waals surface area contributed by atoms with Crippen molar-refractivity contribution in [3.8, 4) is 0 Å². The second-order valence-electron chi connectivity index (χ2n) is 2.90. The molecule has 0 spiro atoms. The highest BCUT2D eigenvalue weighted by molar-refractivity contribution is 6.31. The molecule has 1 saturated heterocycles. The third-order valence-corrected chi connectivity index (χ3v) is 2.28. The molecule has 0 bridgehead atoms. The Morgan fingerprint density at radius 3 is 2.71 bits per heavy atom. The number of rotatable bonds is 1. The van der Waals surface area contributed by atoms with Gasteiger partial charge >= 0.3 is 6.03 Å². The Morgan fingerprint density at radius 2 is 2.29 bits per heavy atom. The zero-order valence-electron chi connectivity index (χ0n) is 7.24. The first-order chi connectivity index (χ1) is 6.59. The number of hydrogen-bond acceptors (Lipinski definition) is 3. The number of carbonyl (C=O) groups excluding carboxylic acids is 2. The normalized spacial score (nSPS) is 20.9. The fourth-order valence-corrected chi connectivity index (χ4v) is 1.63. The third kappa shape index (κ3) is 1.24. The van der Waals surface area contributed by atoms with Gasteiger partial charge in [0.2, 0.25) is 0 Å². The summed E-state index contributed by atoms with van der Waals surface area (Å²) in [6.45, 7) is 0. The summed E-state index contributed by atoms with van der Waals surface area (Å²) in [5.74, 6) is -0.416. The minimum atomic E-state index is -0.748. The number of aryl methyl sites for hydroxylation is 1. The van der Waals surface area contributed by atoms with Crippen LogP contribution in [0.2, 0.25) is 5.02 Å². The number of urea groups is 1. The maximum Gasteiger partial charge on any atom is 0.322 e. The number of nitrogens with one attached hydrogen (secondary N) is 2. The lowest BCUT2D eigenvalue weighted by atomic mass is 10.2. The van der Waals surface area contributed by atoms with Gasteiger partial charge in [0.1, 0.15) is 0 Å². The fourth-order valence-electron chi connectivity index (χ4n) is 1.35. The van der Waals surface area contributed by atoms with Crippen molar-refractivity contribution < 1.29 is 9.59 Å². The van der Waals surface area contributed by atoms with Crippen molar-refractivity contribution in [1.29, 1.82) is 0 Å². The van der Waals surface area contributed by atoms with Crippen LogP contribution in [0.25, 0.3) is 0 Å². The molecule has 1 unspecified atom stereocenters. The number of halogens is 1. The Hall–Kier alpha value is -1.56. The maximum atomic E-state index is 11.3. The molecule has 1 aliphatic rings. The van der Waals surface area contributed by atoms with Crippen LogP contribution in [0, 0.1) is 0 Å². The number of carbonyl (C=O) groups is 2. The minimum Gasteiger partial charge on any atom is -0.321 e. The first-order valence-electron chi connectivity index (χ1n) is 3.88. The molecule has 74 valence electrons. The van der Waals surface area contributed by atoms with Gasteiger partial charge in [0.15, 0.2) is 6.04 Å². The van der Waals surface area contributed by atoms with Gasteiger partial charge in [-0.1, -0.05) is 11.6 Å². The Bertz CT molecular complexity index is 394. The van der Waals surface area contributed by atoms with E-state index in [1.807, 2.05) is 0 Å². The van der Waals surface area contributed by atoms with Gasteiger partial charge in [-0.05, 0) is 0 Å². The number of hydrogen-bond donors (Lipinski definition) is 2. The largest absolute Gasteiger partial charge is 0.322 e. The zero-order valence-corrected chi connectivity index (χ0v) is 8.00. The molecule has 2 heterocycles. The Morgan fingerprint density at radius 1 is 1.57 bits per heavy atom. The molecule has 2 rings (SSSR count). The highest BCUT2D eigenvalue weighted by Gasteiger charge is 2.34. The molecule has 1 aliphatic heterocycles. The molecule has 1 fully saturated rings. The molecule has 1 aromatic heterocycles. The Labute approximate surface area is 84.2 Å². The Balaban J connectivity index is 2.40. The smallest absolute Gasteiger partial charge is 0.321 e. The summed E-state index contributed by atoms with van der Waals surface area (Å²) in [6, 6.07) is -1.26. The highest BCUT2D eigenvalue weighted by atomic mass is 35.5. The molecule has 0 aliphatic carbocycles. The molecule has 2 N–H and O–H groups in total. The van der Waals surface area contributed by atoms with Crippen molar-refractivity contribution >= 4 is 23.5 Å². The van der Waals surface area contributed by atoms with Crippen molar-refractivity contribution in [2.24, 2.45) is 7.05 Å². The van der Waals surface area contributed by atoms with Crippen LogP contribution in [0.3, 0.4) is 0 Å². The van der Waals surface area contributed by atoms with E-state index in [0.717, 1.165) is 0 Å². The summed E-state index contributed by atoms with van der Waals surface area (Å²) in [5.41, 5.74) is 0.481. The van der Waals surface area contributed by atoms with Crippen molar-refractivity contribution in [2.75, 3.05) is 0 Å². The van der Waals surface area contributed by atoms with E-state index >= 15 is 0 Å². The molecule has 6 nitrogen and oxygen atoms in total. The average molecular weight is 215 g/mol. The van der Waals surface area contributed by atoms with Crippen LogP contribution in [0.15, 0.2) is 6.20 Å². The molecule has 3 amide bonds. The first kappa shape index (κ1) is 9.01. The van der Waals surface area contributed by atoms with Crippen LogP contribution < -0.4 is 10.6 Å². The van der Waals surface area contributed by atoms with Crippen molar-refractivity contribution in [3.63, 3.8) is 0 Å². The number of amides is 3. The molecule has 1 atom stereocenters. The molecule has 0 saturated carbocycles. The van der Waals surface area contributed by atoms with Crippen molar-refractivity contribution in [1.82, 2.24) is 20.4 Å². The van der Waals surface area contributed by atoms with Gasteiger partial charge in [-0.2, -0.15) is 5.10 Å². The van der Waals surface area contributed by atoms with E-state index in [2.05, 4.69) is 15.7 Å². The van der Waals surface area contributed by atoms with E-state index < -0.39 is 18.0 Å². The van der Waals surface area contributed by atoms with Crippen LogP contribution in [0.5, 0.6) is 0 Å². The topological polar surface area (TPSA) is 76.0 Å². The average Bonchev–Trinajstić information content (AvgIpc) is 2.57. The third-order valence-electron chi connectivity index (χ3n) is 1.99. The van der Waals surface area contributed by atoms with Gasteiger partial charge in [0.05, 0.1) is 16.9 Å². The van der Waals surface area contributed by atoms with Crippen LogP contribution in [0.4, 0.5) is 4.79 Å². The summed E-state index contributed by atoms with van der Waals surface area (Å²) < 4.78 is 1.46. The fraction of sp³-hybridized carbons (Fsp3) is 0.286. The molecule has 14 heavy (non-hydrogen) atoms. The van der Waals surface area contributed by atoms with Gasteiger partial charge in [-0.25, -0.2) is 4.79 Å². The SMILES string of the molecule is Cn1ncc(Cl)c1C1NC(=O)NC1=O. The van der Waals surface area contributed by atoms with Crippen molar-refractivity contribution in [3.05, 3.63) is 16.9 Å². The van der Waals surface area contributed by atoms with E-state index in [-0.39, 0.29) is 0 Å². The molecule has 1 aromatic rings. The van der Waals surface area contributed by atoms with E-state index in [0.29, 0.717) is 10.7 Å². The summed E-state index contributed by atoms with van der Waals surface area (Å²) in [5, 5.41) is 8.79. The highest BCUT2D eigenvalue weighted by Crippen LogP contribution is 2.23. The quantitative estimate of drug-likeness (QED) is 0.644. The summed E-state index contributed by atoms with van der Waals surface area (Å²) in [6.07, 6.45) is 1.43. The number of aromatic nitrogens is 2. The summed E-state index contributed by atoms with van der Waals surface area (Å²) in [4.78, 5) is 22.2. The first-order valence-corrected chi connectivity index (χ1v) is 4.26. The maximum absolute atomic E-state index is 11.3. The second-order valence-corrected chi connectivity index (χ2v) is 3.30. The predicted octanol–water partition coefficient (Wildman–Crippen LogP) is -0.0460. The van der Waals surface area contributed by atoms with E-state index in [4.69, 9.17) is 11.6 Å². The van der Waals surface area contributed by atoms with E-state index in [9.17, 15) is 9.59 Å². The molecule has 0 aromatic carbocycles. The van der Waals surface area contributed by atoms with Gasteiger partial charge in [-0.3, -0.25) is 14.8 Å². The number of nitrogens with zero attached hydrogens (tertiary/aromatic N) is 2. The molecule has 0 radical (unpaired) electrons. The minimum absolute atomic E-state index is 0.356. The zero-order chi connectivity index (χ0) is 10.3. The van der Waals surface area contributed by atoms with E-state index in [1.165, 1.54) is 10.9 Å². The van der Waals surface area contributed by atoms with Gasteiger partial charge in [0.25, 0.3) is 5.91 Å². The van der Waals surface area contributed by atoms with E-state index in [1.54, 1.807) is 7.05 Å². The monoisotopic (exact) mass is 214 g/mol. The van der Waals surface area contributed by atoms with Crippen LogP contribution in [-0.4, -0.2) is 21.7 Å². The summed E-state index contributed by atoms with van der Waals surface area (Å²) in [7, 11) is 1.65. The van der Waals surface area contributed by atoms with Crippen LogP contribution >= 0.6 is 11.6 Å². The lowest BCUT2D eigenvalue weighted by Gasteiger charge is -2.07. The predicted molar refractivity (Wildman–Crippen MR) is 47.6 cm³/mol. The lowest BCUT2D eigenvalue weighted by Crippen LogP contribution is -2.23. The lowest BCUT2D eigenvalue weighted by molar-refractivity contribution is -0.120. The standard InChI is InChI=1S/C7H7ClN4O2/c1-12-5(3(8)2-9-12)4-6(13)11-7(14)10-4/h2,4H,1H3,(H2,10,11,13,14). The van der Waals surface area contributed by atoms with Crippen molar-refractivity contribution in [2.45, 2.75) is 6.04 Å². The van der Waals surface area contributed by atoms with Gasteiger partial charge < -0.3 is 5.32 Å². The van der Waals surface area contributed by atoms with Crippen LogP contribution in [-0.2, 0) is 11.8 Å². The molecule has 7 heteroatoms.